The van der Waals surface area contributed by atoms with Crippen molar-refractivity contribution in [3.05, 3.63) is 58.1 Å². The van der Waals surface area contributed by atoms with Gasteiger partial charge in [-0.25, -0.2) is 0 Å². The Labute approximate surface area is 211 Å². The van der Waals surface area contributed by atoms with Crippen LogP contribution in [0.15, 0.2) is 36.4 Å². The molecular formula is C25H31Cl2N3O4. The zero-order valence-electron chi connectivity index (χ0n) is 19.4. The van der Waals surface area contributed by atoms with Gasteiger partial charge >= 0.3 is 0 Å². The second-order valence-corrected chi connectivity index (χ2v) is 9.07. The Bertz CT molecular complexity index is 1070. The third-order valence-electron chi connectivity index (χ3n) is 6.54. The predicted octanol–water partition coefficient (Wildman–Crippen LogP) is 3.57. The van der Waals surface area contributed by atoms with Crippen molar-refractivity contribution in [2.45, 2.75) is 32.3 Å². The van der Waals surface area contributed by atoms with Crippen LogP contribution in [0.5, 0.6) is 5.75 Å². The SMILES string of the molecule is CCN(CC)CCN1C(=O)C(O)(c2ccccc2OCC2CC2)c2c(Cl)cc(C(N)=O)cc21.Cl. The molecule has 1 heterocycles. The lowest BCUT2D eigenvalue weighted by molar-refractivity contribution is -0.132. The van der Waals surface area contributed by atoms with Crippen molar-refractivity contribution in [1.82, 2.24) is 4.90 Å². The van der Waals surface area contributed by atoms with E-state index in [1.165, 1.54) is 17.0 Å². The average molecular weight is 508 g/mol. The fourth-order valence-electron chi connectivity index (χ4n) is 4.35. The molecule has 1 atom stereocenters. The third-order valence-corrected chi connectivity index (χ3v) is 6.84. The smallest absolute Gasteiger partial charge is 0.268 e. The third kappa shape index (κ3) is 4.75. The lowest BCUT2D eigenvalue weighted by Crippen LogP contribution is -2.44. The summed E-state index contributed by atoms with van der Waals surface area (Å²) in [5.74, 6) is -0.214. The van der Waals surface area contributed by atoms with Crippen LogP contribution in [0.25, 0.3) is 0 Å². The maximum Gasteiger partial charge on any atom is 0.268 e. The molecule has 2 aromatic rings. The molecule has 0 aromatic heterocycles. The summed E-state index contributed by atoms with van der Waals surface area (Å²) in [6.07, 6.45) is 2.24. The van der Waals surface area contributed by atoms with Crippen LogP contribution in [0.3, 0.4) is 0 Å². The Morgan fingerprint density at radius 2 is 1.94 bits per heavy atom. The molecule has 0 spiro atoms. The first-order chi connectivity index (χ1) is 15.8. The molecule has 1 fully saturated rings. The number of anilines is 1. The number of fused-ring (bicyclic) bond motifs is 1. The van der Waals surface area contributed by atoms with Crippen molar-refractivity contribution in [1.29, 1.82) is 0 Å². The second kappa shape index (κ2) is 10.5. The van der Waals surface area contributed by atoms with Crippen molar-refractivity contribution in [3.63, 3.8) is 0 Å². The van der Waals surface area contributed by atoms with Crippen molar-refractivity contribution < 1.29 is 19.4 Å². The maximum atomic E-state index is 13.8. The fourth-order valence-corrected chi connectivity index (χ4v) is 4.70. The minimum absolute atomic E-state index is 0. The Balaban J connectivity index is 0.00000324. The first-order valence-electron chi connectivity index (χ1n) is 11.4. The standard InChI is InChI=1S/C25H30ClN3O4.ClH/c1-3-28(4-2)11-12-29-20-14-17(23(27)30)13-19(26)22(20)25(32,24(29)31)18-7-5-6-8-21(18)33-15-16-9-10-16;/h5-8,13-14,16,32H,3-4,9-12,15H2,1-2H3,(H2,27,30);1H. The van der Waals surface area contributed by atoms with E-state index in [9.17, 15) is 14.7 Å². The van der Waals surface area contributed by atoms with Crippen LogP contribution in [-0.4, -0.2) is 54.6 Å². The fraction of sp³-hybridized carbons (Fsp3) is 0.440. The number of rotatable bonds is 10. The van der Waals surface area contributed by atoms with Gasteiger partial charge in [0.1, 0.15) is 5.75 Å². The van der Waals surface area contributed by atoms with Crippen LogP contribution in [0.2, 0.25) is 5.02 Å². The molecule has 3 N–H and O–H groups in total. The number of amides is 2. The Kier molecular flexibility index (Phi) is 8.14. The van der Waals surface area contributed by atoms with Gasteiger partial charge in [0.15, 0.2) is 0 Å². The molecule has 1 aliphatic carbocycles. The van der Waals surface area contributed by atoms with Gasteiger partial charge < -0.3 is 25.4 Å². The molecule has 2 aliphatic rings. The summed E-state index contributed by atoms with van der Waals surface area (Å²) in [4.78, 5) is 29.4. The highest BCUT2D eigenvalue weighted by Gasteiger charge is 2.54. The number of primary amides is 1. The normalized spacial score (nSPS) is 19.2. The topological polar surface area (TPSA) is 96.1 Å². The first kappa shape index (κ1) is 26.3. The Morgan fingerprint density at radius 3 is 2.56 bits per heavy atom. The van der Waals surface area contributed by atoms with Crippen molar-refractivity contribution in [2.75, 3.05) is 37.7 Å². The number of benzene rings is 2. The minimum atomic E-state index is -2.04. The molecule has 0 radical (unpaired) electrons. The van der Waals surface area contributed by atoms with E-state index in [0.29, 0.717) is 42.6 Å². The van der Waals surface area contributed by atoms with E-state index in [2.05, 4.69) is 18.7 Å². The number of carbonyl (C=O) groups excluding carboxylic acids is 2. The number of halogens is 2. The number of aliphatic hydroxyl groups is 1. The van der Waals surface area contributed by atoms with E-state index in [4.69, 9.17) is 22.1 Å². The van der Waals surface area contributed by atoms with E-state index >= 15 is 0 Å². The lowest BCUT2D eigenvalue weighted by Gasteiger charge is -2.27. The molecule has 0 saturated heterocycles. The summed E-state index contributed by atoms with van der Waals surface area (Å²) in [7, 11) is 0. The number of nitrogens with zero attached hydrogens (tertiary/aromatic N) is 2. The summed E-state index contributed by atoms with van der Waals surface area (Å²) < 4.78 is 6.02. The van der Waals surface area contributed by atoms with Crippen LogP contribution < -0.4 is 15.4 Å². The summed E-state index contributed by atoms with van der Waals surface area (Å²) in [5, 5.41) is 12.1. The van der Waals surface area contributed by atoms with Crippen molar-refractivity contribution in [3.8, 4) is 5.75 Å². The van der Waals surface area contributed by atoms with Crippen molar-refractivity contribution >= 4 is 41.5 Å². The quantitative estimate of drug-likeness (QED) is 0.512. The summed E-state index contributed by atoms with van der Waals surface area (Å²) in [6, 6.07) is 9.96. The number of carbonyl (C=O) groups is 2. The number of likely N-dealkylation sites (N-methyl/N-ethyl adjacent to an activating group) is 1. The highest BCUT2D eigenvalue weighted by atomic mass is 35.5. The molecule has 34 heavy (non-hydrogen) atoms. The molecule has 1 unspecified atom stereocenters. The lowest BCUT2D eigenvalue weighted by atomic mass is 9.86. The molecule has 7 nitrogen and oxygen atoms in total. The Hall–Kier alpha value is -2.32. The number of hydrogen-bond donors (Lipinski definition) is 2. The van der Waals surface area contributed by atoms with Crippen LogP contribution >= 0.6 is 24.0 Å². The van der Waals surface area contributed by atoms with Gasteiger partial charge in [0.2, 0.25) is 11.5 Å². The number of nitrogens with two attached hydrogens (primary N) is 1. The van der Waals surface area contributed by atoms with Gasteiger partial charge in [-0.1, -0.05) is 43.6 Å². The van der Waals surface area contributed by atoms with Crippen LogP contribution in [0.1, 0.15) is 48.2 Å². The van der Waals surface area contributed by atoms with Gasteiger partial charge in [-0.2, -0.15) is 0 Å². The van der Waals surface area contributed by atoms with Crippen molar-refractivity contribution in [2.24, 2.45) is 11.7 Å². The maximum absolute atomic E-state index is 13.8. The van der Waals surface area contributed by atoms with E-state index in [1.54, 1.807) is 18.2 Å². The van der Waals surface area contributed by atoms with Gasteiger partial charge in [0.05, 0.1) is 17.3 Å². The van der Waals surface area contributed by atoms with Gasteiger partial charge in [0.25, 0.3) is 5.91 Å². The largest absolute Gasteiger partial charge is 0.493 e. The molecule has 4 rings (SSSR count). The average Bonchev–Trinajstić information content (AvgIpc) is 3.61. The first-order valence-corrected chi connectivity index (χ1v) is 11.8. The monoisotopic (exact) mass is 507 g/mol. The van der Waals surface area contributed by atoms with E-state index in [-0.39, 0.29) is 28.6 Å². The molecule has 1 saturated carbocycles. The van der Waals surface area contributed by atoms with E-state index in [1.807, 2.05) is 6.07 Å². The second-order valence-electron chi connectivity index (χ2n) is 8.66. The summed E-state index contributed by atoms with van der Waals surface area (Å²) in [5.41, 5.74) is 4.64. The van der Waals surface area contributed by atoms with Crippen LogP contribution in [0, 0.1) is 5.92 Å². The summed E-state index contributed by atoms with van der Waals surface area (Å²) >= 11 is 6.59. The van der Waals surface area contributed by atoms with E-state index < -0.39 is 17.4 Å². The summed E-state index contributed by atoms with van der Waals surface area (Å²) in [6.45, 7) is 7.23. The molecule has 184 valence electrons. The Morgan fingerprint density at radius 1 is 1.26 bits per heavy atom. The molecule has 2 amide bonds. The highest BCUT2D eigenvalue weighted by molar-refractivity contribution is 6.34. The van der Waals surface area contributed by atoms with Gasteiger partial charge in [-0.3, -0.25) is 9.59 Å². The molecule has 9 heteroatoms. The molecule has 2 aromatic carbocycles. The number of para-hydroxylation sites is 1. The van der Waals surface area contributed by atoms with Gasteiger partial charge in [0, 0.05) is 29.8 Å². The molecular weight excluding hydrogens is 477 g/mol. The van der Waals surface area contributed by atoms with E-state index in [0.717, 1.165) is 25.9 Å². The van der Waals surface area contributed by atoms with Crippen LogP contribution in [-0.2, 0) is 10.4 Å². The number of ether oxygens (including phenoxy) is 1. The minimum Gasteiger partial charge on any atom is -0.493 e. The number of hydrogen-bond acceptors (Lipinski definition) is 5. The predicted molar refractivity (Wildman–Crippen MR) is 135 cm³/mol. The molecule has 0 bridgehead atoms. The highest BCUT2D eigenvalue weighted by Crippen LogP contribution is 2.50. The molecule has 1 aliphatic heterocycles. The van der Waals surface area contributed by atoms with Crippen LogP contribution in [0.4, 0.5) is 5.69 Å². The zero-order valence-corrected chi connectivity index (χ0v) is 21.0. The van der Waals surface area contributed by atoms with Gasteiger partial charge in [-0.15, -0.1) is 12.4 Å². The zero-order chi connectivity index (χ0) is 23.8. The van der Waals surface area contributed by atoms with Gasteiger partial charge in [-0.05, 0) is 50.0 Å².